The monoisotopic (exact) mass is 1040 g/mol. The number of ether oxygens (including phenoxy) is 5. The van der Waals surface area contributed by atoms with Crippen LogP contribution in [0.25, 0.3) is 43.6 Å². The maximum atomic E-state index is 15.1. The number of piperazine rings is 2. The Labute approximate surface area is 432 Å². The van der Waals surface area contributed by atoms with Crippen LogP contribution in [-0.2, 0) is 0 Å². The minimum Gasteiger partial charge on any atom is -0.504 e. The summed E-state index contributed by atoms with van der Waals surface area (Å²) >= 11 is 0. The number of phenolic OH excluding ortho intramolecular Hbond substituents is 1. The zero-order chi connectivity index (χ0) is 52.8. The van der Waals surface area contributed by atoms with Crippen LogP contribution >= 0.6 is 0 Å². The molecule has 4 aromatic carbocycles. The molecule has 75 heavy (non-hydrogen) atoms. The van der Waals surface area contributed by atoms with Gasteiger partial charge in [0.1, 0.15) is 26.0 Å². The molecule has 2 saturated heterocycles. The van der Waals surface area contributed by atoms with E-state index in [9.17, 15) is 18.3 Å². The van der Waals surface area contributed by atoms with Gasteiger partial charge in [-0.05, 0) is 75.2 Å². The topological polar surface area (TPSA) is 183 Å². The lowest BCUT2D eigenvalue weighted by Gasteiger charge is -2.34. The Morgan fingerprint density at radius 2 is 0.987 bits per heavy atom. The van der Waals surface area contributed by atoms with Crippen molar-refractivity contribution in [2.45, 2.75) is 26.7 Å². The number of aliphatic hydroxyl groups excluding tert-OH is 1. The van der Waals surface area contributed by atoms with E-state index >= 15 is 4.39 Å². The number of nitrogens with zero attached hydrogens (tertiary/aromatic N) is 8. The normalized spacial score (nSPS) is 14.7. The van der Waals surface area contributed by atoms with Crippen LogP contribution in [0.3, 0.4) is 0 Å². The fourth-order valence-electron chi connectivity index (χ4n) is 9.11. The van der Waals surface area contributed by atoms with Crippen LogP contribution in [0, 0.1) is 25.5 Å². The van der Waals surface area contributed by atoms with Crippen molar-refractivity contribution in [3.63, 3.8) is 0 Å². The van der Waals surface area contributed by atoms with Crippen molar-refractivity contribution < 1.29 is 51.5 Å². The molecule has 8 aromatic rings. The Morgan fingerprint density at radius 1 is 0.533 bits per heavy atom. The first-order valence-corrected chi connectivity index (χ1v) is 25.0. The number of halogens is 4. The zero-order valence-corrected chi connectivity index (χ0v) is 42.7. The van der Waals surface area contributed by atoms with Crippen LogP contribution in [-0.4, -0.2) is 179 Å². The van der Waals surface area contributed by atoms with Crippen LogP contribution in [0.1, 0.15) is 24.2 Å². The highest BCUT2D eigenvalue weighted by Gasteiger charge is 2.20. The maximum Gasteiger partial charge on any atom is 0.230 e. The summed E-state index contributed by atoms with van der Waals surface area (Å²) in [6, 6.07) is 16.6. The first-order valence-electron chi connectivity index (χ1n) is 25.0. The third kappa shape index (κ3) is 13.6. The smallest absolute Gasteiger partial charge is 0.230 e. The first kappa shape index (κ1) is 54.2. The molecule has 0 bridgehead atoms. The van der Waals surface area contributed by atoms with Crippen LogP contribution in [0.5, 0.6) is 46.3 Å². The molecular weight excluding hydrogens is 977 g/mol. The van der Waals surface area contributed by atoms with Gasteiger partial charge in [-0.15, -0.1) is 0 Å². The zero-order valence-electron chi connectivity index (χ0n) is 42.7. The fourth-order valence-corrected chi connectivity index (χ4v) is 9.11. The summed E-state index contributed by atoms with van der Waals surface area (Å²) in [5.74, 6) is 0.908. The Bertz CT molecular complexity index is 3150. The van der Waals surface area contributed by atoms with E-state index in [-0.39, 0.29) is 54.7 Å². The minimum atomic E-state index is -0.473. The van der Waals surface area contributed by atoms with E-state index in [1.165, 1.54) is 25.8 Å². The Balaban J connectivity index is 0.000000168. The summed E-state index contributed by atoms with van der Waals surface area (Å²) in [4.78, 5) is 32.0. The number of aliphatic hydroxyl groups is 1. The van der Waals surface area contributed by atoms with E-state index in [1.807, 2.05) is 13.8 Å². The van der Waals surface area contributed by atoms with E-state index in [0.29, 0.717) is 74.8 Å². The van der Waals surface area contributed by atoms with Crippen molar-refractivity contribution in [1.82, 2.24) is 49.5 Å². The van der Waals surface area contributed by atoms with Gasteiger partial charge in [0.15, 0.2) is 46.1 Å². The lowest BCUT2D eigenvalue weighted by molar-refractivity contribution is 0.119. The molecule has 17 nitrogen and oxygen atoms in total. The highest BCUT2D eigenvalue weighted by Crippen LogP contribution is 2.39. The summed E-state index contributed by atoms with van der Waals surface area (Å²) in [6.45, 7) is 14.6. The largest absolute Gasteiger partial charge is 0.504 e. The van der Waals surface area contributed by atoms with Crippen LogP contribution in [0.15, 0.2) is 73.3 Å². The molecule has 2 aliphatic heterocycles. The summed E-state index contributed by atoms with van der Waals surface area (Å²) < 4.78 is 82.6. The molecule has 0 radical (unpaired) electrons. The molecule has 0 amide bonds. The highest BCUT2D eigenvalue weighted by molar-refractivity contribution is 5.89. The number of alkyl halides is 2. The van der Waals surface area contributed by atoms with Gasteiger partial charge in [0.05, 0.1) is 42.6 Å². The summed E-state index contributed by atoms with van der Waals surface area (Å²) in [7, 11) is 3.00. The molecule has 21 heteroatoms. The van der Waals surface area contributed by atoms with E-state index in [1.54, 1.807) is 61.7 Å². The number of nitrogens with one attached hydrogen (secondary N) is 2. The molecule has 4 N–H and O–H groups in total. The second-order valence-corrected chi connectivity index (χ2v) is 18.2. The van der Waals surface area contributed by atoms with Gasteiger partial charge in [-0.2, -0.15) is 0 Å². The molecule has 6 heterocycles. The Hall–Kier alpha value is -7.04. The maximum absolute atomic E-state index is 15.1. The van der Waals surface area contributed by atoms with E-state index in [4.69, 9.17) is 28.8 Å². The fraction of sp³-hybridized carbons (Fsp3) is 0.407. The third-order valence-corrected chi connectivity index (χ3v) is 13.1. The Kier molecular flexibility index (Phi) is 18.8. The van der Waals surface area contributed by atoms with Gasteiger partial charge in [-0.25, -0.2) is 37.5 Å². The number of methoxy groups -OCH3 is 2. The molecule has 10 rings (SSSR count). The van der Waals surface area contributed by atoms with Gasteiger partial charge in [0.2, 0.25) is 11.8 Å². The minimum absolute atomic E-state index is 0.0463. The van der Waals surface area contributed by atoms with Gasteiger partial charge in [-0.3, -0.25) is 9.80 Å². The molecule has 2 aliphatic rings. The van der Waals surface area contributed by atoms with Crippen molar-refractivity contribution in [3.8, 4) is 46.3 Å². The number of hydrogen-bond acceptors (Lipinski definition) is 15. The van der Waals surface area contributed by atoms with E-state index in [0.717, 1.165) is 89.7 Å². The SMILES string of the molecule is COc1cc2c(Oc3ccc4[nH]c(C)cc4c3F)ncnc2cc1O.COc1cc2c(Oc3ccc4[nH]c(C)cc4c3F)ncnc2cc1OCCCN1CCN(CCF)CC1.OCCCN1CCN(CCF)CC1. The molecule has 0 unspecified atom stereocenters. The average molecular weight is 1040 g/mol. The molecule has 0 spiro atoms. The van der Waals surface area contributed by atoms with E-state index in [2.05, 4.69) is 49.5 Å². The van der Waals surface area contributed by atoms with Gasteiger partial charge in [-0.1, -0.05) is 0 Å². The van der Waals surface area contributed by atoms with Crippen molar-refractivity contribution >= 4 is 43.6 Å². The molecule has 0 aliphatic carbocycles. The quantitative estimate of drug-likeness (QED) is 0.0473. The van der Waals surface area contributed by atoms with Gasteiger partial charge < -0.3 is 53.7 Å². The number of aromatic hydroxyl groups is 1. The lowest BCUT2D eigenvalue weighted by atomic mass is 10.2. The number of hydrogen-bond donors (Lipinski definition) is 4. The van der Waals surface area contributed by atoms with Crippen molar-refractivity contribution in [2.24, 2.45) is 0 Å². The summed E-state index contributed by atoms with van der Waals surface area (Å²) in [5, 5.41) is 20.5. The Morgan fingerprint density at radius 3 is 1.45 bits per heavy atom. The molecule has 0 saturated carbocycles. The van der Waals surface area contributed by atoms with Gasteiger partial charge in [0.25, 0.3) is 0 Å². The van der Waals surface area contributed by atoms with Crippen LogP contribution in [0.2, 0.25) is 0 Å². The number of aryl methyl sites for hydroxylation is 2. The standard InChI is InChI=1S/C27H31F2N5O3.C18H14FN3O3.C9H19FN2O/c1-18-14-19-21(32-18)4-5-23(26(19)29)37-27-20-15-24(35-2)25(16-22(20)30-17-31-27)36-13-3-7-33-9-11-34(8-6-28)12-10-33;1-9-5-10-12(22-9)3-4-15(17(10)19)25-18-11-6-16(24-2)14(23)7-13(11)20-8-21-18;10-2-4-12-7-5-11(6-8-12)3-1-9-13/h4-5,14-17,32H,3,6-13H2,1-2H3;3-8,22-23H,1-2H3;13H,1-9H2. The van der Waals surface area contributed by atoms with Crippen LogP contribution in [0.4, 0.5) is 17.6 Å². The number of fused-ring (bicyclic) bond motifs is 4. The highest BCUT2D eigenvalue weighted by atomic mass is 19.1. The average Bonchev–Trinajstić information content (AvgIpc) is 4.02. The third-order valence-electron chi connectivity index (χ3n) is 13.1. The number of rotatable bonds is 18. The van der Waals surface area contributed by atoms with Gasteiger partial charge in [0, 0.05) is 130 Å². The summed E-state index contributed by atoms with van der Waals surface area (Å²) in [6.07, 6.45) is 4.37. The number of benzene rings is 4. The second-order valence-electron chi connectivity index (χ2n) is 18.2. The molecular formula is C54H64F4N10O7. The second kappa shape index (κ2) is 25.9. The molecule has 400 valence electrons. The van der Waals surface area contributed by atoms with Crippen molar-refractivity contribution in [1.29, 1.82) is 0 Å². The molecule has 4 aromatic heterocycles. The number of aromatic nitrogens is 6. The lowest BCUT2D eigenvalue weighted by Crippen LogP contribution is -2.47. The molecule has 0 atom stereocenters. The first-order chi connectivity index (χ1) is 36.5. The number of H-pyrrole nitrogens is 2. The van der Waals surface area contributed by atoms with Crippen LogP contribution < -0.4 is 23.7 Å². The van der Waals surface area contributed by atoms with Gasteiger partial charge >= 0.3 is 0 Å². The summed E-state index contributed by atoms with van der Waals surface area (Å²) in [5.41, 5.74) is 4.19. The van der Waals surface area contributed by atoms with Crippen molar-refractivity contribution in [3.05, 3.63) is 96.3 Å². The van der Waals surface area contributed by atoms with E-state index < -0.39 is 11.6 Å². The molecule has 2 fully saturated rings. The number of phenols is 1. The predicted octanol–water partition coefficient (Wildman–Crippen LogP) is 8.74. The number of aromatic amines is 2. The predicted molar refractivity (Wildman–Crippen MR) is 280 cm³/mol. The van der Waals surface area contributed by atoms with Crippen molar-refractivity contribution in [2.75, 3.05) is 119 Å².